The maximum Gasteiger partial charge on any atom is 0.244 e. The highest BCUT2D eigenvalue weighted by atomic mass is 16.3. The van der Waals surface area contributed by atoms with Crippen molar-refractivity contribution in [1.29, 1.82) is 0 Å². The van der Waals surface area contributed by atoms with E-state index in [1.54, 1.807) is 0 Å². The molecule has 0 bridgehead atoms. The summed E-state index contributed by atoms with van der Waals surface area (Å²) in [6.45, 7) is 5.72. The third-order valence-electron chi connectivity index (χ3n) is 3.33. The molecule has 17 heavy (non-hydrogen) atoms. The van der Waals surface area contributed by atoms with Crippen LogP contribution in [-0.2, 0) is 5.41 Å². The molecule has 96 valence electrons. The number of piperidine rings is 1. The first-order valence-corrected chi connectivity index (χ1v) is 6.07. The minimum absolute atomic E-state index is 0.0481. The van der Waals surface area contributed by atoms with E-state index in [4.69, 9.17) is 5.73 Å². The largest absolute Gasteiger partial charge is 0.395 e. The molecule has 2 heterocycles. The summed E-state index contributed by atoms with van der Waals surface area (Å²) in [6, 6.07) is 0.304. The first kappa shape index (κ1) is 12.3. The van der Waals surface area contributed by atoms with Crippen LogP contribution in [0.3, 0.4) is 0 Å². The number of aromatic nitrogens is 3. The predicted molar refractivity (Wildman–Crippen MR) is 65.9 cm³/mol. The summed E-state index contributed by atoms with van der Waals surface area (Å²) in [4.78, 5) is 6.60. The molecule has 1 aromatic rings. The molecular formula is C11H21N5O. The van der Waals surface area contributed by atoms with Gasteiger partial charge in [-0.1, -0.05) is 13.8 Å². The molecule has 0 amide bonds. The Morgan fingerprint density at radius 3 is 2.71 bits per heavy atom. The molecule has 1 aliphatic heterocycles. The third-order valence-corrected chi connectivity index (χ3v) is 3.33. The molecule has 6 heteroatoms. The summed E-state index contributed by atoms with van der Waals surface area (Å²) < 4.78 is 0. The minimum atomic E-state index is -0.378. The summed E-state index contributed by atoms with van der Waals surface area (Å²) in [5.74, 6) is 1.44. The van der Waals surface area contributed by atoms with Crippen LogP contribution in [0.2, 0.25) is 0 Å². The second-order valence-corrected chi connectivity index (χ2v) is 5.35. The van der Waals surface area contributed by atoms with E-state index in [9.17, 15) is 5.11 Å². The lowest BCUT2D eigenvalue weighted by atomic mass is 9.94. The Morgan fingerprint density at radius 1 is 1.47 bits per heavy atom. The SMILES string of the molecule is CC(C)(CO)c1nc(N2CCC(N)CC2)n[nH]1. The van der Waals surface area contributed by atoms with Gasteiger partial charge in [0, 0.05) is 24.5 Å². The van der Waals surface area contributed by atoms with Crippen LogP contribution in [0, 0.1) is 0 Å². The Bertz CT molecular complexity index is 368. The number of hydrogen-bond donors (Lipinski definition) is 3. The predicted octanol–water partition coefficient (Wildman–Crippen LogP) is 0.00210. The van der Waals surface area contributed by atoms with Crippen LogP contribution >= 0.6 is 0 Å². The van der Waals surface area contributed by atoms with Gasteiger partial charge in [0.05, 0.1) is 6.61 Å². The van der Waals surface area contributed by atoms with E-state index in [0.717, 1.165) is 31.8 Å². The number of nitrogens with one attached hydrogen (secondary N) is 1. The van der Waals surface area contributed by atoms with Crippen LogP contribution < -0.4 is 10.6 Å². The standard InChI is InChI=1S/C11H21N5O/c1-11(2,7-17)9-13-10(15-14-9)16-5-3-8(12)4-6-16/h8,17H,3-7,12H2,1-2H3,(H,13,14,15). The van der Waals surface area contributed by atoms with Gasteiger partial charge in [0.25, 0.3) is 0 Å². The molecule has 1 aromatic heterocycles. The van der Waals surface area contributed by atoms with Crippen molar-refractivity contribution in [3.05, 3.63) is 5.82 Å². The van der Waals surface area contributed by atoms with Gasteiger partial charge in [0.1, 0.15) is 5.82 Å². The summed E-state index contributed by atoms with van der Waals surface area (Å²) in [5.41, 5.74) is 5.49. The van der Waals surface area contributed by atoms with E-state index < -0.39 is 0 Å². The topological polar surface area (TPSA) is 91.1 Å². The highest BCUT2D eigenvalue weighted by molar-refractivity contribution is 5.30. The Hall–Kier alpha value is -1.14. The van der Waals surface area contributed by atoms with Crippen LogP contribution in [0.15, 0.2) is 0 Å². The van der Waals surface area contributed by atoms with E-state index in [1.807, 2.05) is 13.8 Å². The fourth-order valence-electron chi connectivity index (χ4n) is 1.87. The van der Waals surface area contributed by atoms with Gasteiger partial charge in [-0.3, -0.25) is 5.10 Å². The first-order valence-electron chi connectivity index (χ1n) is 6.07. The van der Waals surface area contributed by atoms with Crippen molar-refractivity contribution >= 4 is 5.95 Å². The van der Waals surface area contributed by atoms with Gasteiger partial charge in [-0.15, -0.1) is 5.10 Å². The molecule has 1 fully saturated rings. The van der Waals surface area contributed by atoms with Crippen LogP contribution in [0.4, 0.5) is 5.95 Å². The Morgan fingerprint density at radius 2 is 2.12 bits per heavy atom. The van der Waals surface area contributed by atoms with Crippen LogP contribution in [0.1, 0.15) is 32.5 Å². The molecule has 0 unspecified atom stereocenters. The van der Waals surface area contributed by atoms with Gasteiger partial charge in [-0.25, -0.2) is 0 Å². The van der Waals surface area contributed by atoms with Gasteiger partial charge in [-0.2, -0.15) is 4.98 Å². The quantitative estimate of drug-likeness (QED) is 0.690. The van der Waals surface area contributed by atoms with Gasteiger partial charge in [0.15, 0.2) is 0 Å². The second-order valence-electron chi connectivity index (χ2n) is 5.35. The minimum Gasteiger partial charge on any atom is -0.395 e. The fraction of sp³-hybridized carbons (Fsp3) is 0.818. The number of anilines is 1. The van der Waals surface area contributed by atoms with Crippen molar-refractivity contribution in [3.63, 3.8) is 0 Å². The third kappa shape index (κ3) is 2.58. The number of aliphatic hydroxyl groups excluding tert-OH is 1. The van der Waals surface area contributed by atoms with Crippen molar-refractivity contribution in [1.82, 2.24) is 15.2 Å². The number of aliphatic hydroxyl groups is 1. The summed E-state index contributed by atoms with van der Waals surface area (Å²) in [6.07, 6.45) is 1.96. The molecule has 0 radical (unpaired) electrons. The Labute approximate surface area is 101 Å². The maximum atomic E-state index is 9.28. The molecule has 0 spiro atoms. The van der Waals surface area contributed by atoms with Crippen molar-refractivity contribution in [2.24, 2.45) is 5.73 Å². The van der Waals surface area contributed by atoms with E-state index >= 15 is 0 Å². The van der Waals surface area contributed by atoms with E-state index in [1.165, 1.54) is 0 Å². The molecule has 0 aliphatic carbocycles. The lowest BCUT2D eigenvalue weighted by molar-refractivity contribution is 0.212. The van der Waals surface area contributed by atoms with E-state index in [2.05, 4.69) is 20.1 Å². The smallest absolute Gasteiger partial charge is 0.244 e. The monoisotopic (exact) mass is 239 g/mol. The van der Waals surface area contributed by atoms with Crippen molar-refractivity contribution in [2.75, 3.05) is 24.6 Å². The van der Waals surface area contributed by atoms with Crippen molar-refractivity contribution < 1.29 is 5.11 Å². The lowest BCUT2D eigenvalue weighted by Gasteiger charge is -2.29. The number of nitrogens with zero attached hydrogens (tertiary/aromatic N) is 3. The second kappa shape index (κ2) is 4.62. The zero-order valence-electron chi connectivity index (χ0n) is 10.5. The van der Waals surface area contributed by atoms with Gasteiger partial charge in [-0.05, 0) is 12.8 Å². The van der Waals surface area contributed by atoms with Gasteiger partial charge in [0.2, 0.25) is 5.95 Å². The van der Waals surface area contributed by atoms with Crippen molar-refractivity contribution in [2.45, 2.75) is 38.1 Å². The normalized spacial score (nSPS) is 18.7. The average molecular weight is 239 g/mol. The zero-order valence-corrected chi connectivity index (χ0v) is 10.5. The van der Waals surface area contributed by atoms with Crippen LogP contribution in [-0.4, -0.2) is 46.0 Å². The van der Waals surface area contributed by atoms with Gasteiger partial charge >= 0.3 is 0 Å². The zero-order chi connectivity index (χ0) is 12.5. The molecule has 4 N–H and O–H groups in total. The van der Waals surface area contributed by atoms with Gasteiger partial charge < -0.3 is 15.7 Å². The molecular weight excluding hydrogens is 218 g/mol. The average Bonchev–Trinajstić information content (AvgIpc) is 2.80. The highest BCUT2D eigenvalue weighted by Gasteiger charge is 2.26. The molecule has 2 rings (SSSR count). The molecule has 6 nitrogen and oxygen atoms in total. The summed E-state index contributed by atoms with van der Waals surface area (Å²) >= 11 is 0. The van der Waals surface area contributed by atoms with Crippen LogP contribution in [0.5, 0.6) is 0 Å². The maximum absolute atomic E-state index is 9.28. The summed E-state index contributed by atoms with van der Waals surface area (Å²) in [5, 5.41) is 16.4. The number of aromatic amines is 1. The van der Waals surface area contributed by atoms with Crippen molar-refractivity contribution in [3.8, 4) is 0 Å². The highest BCUT2D eigenvalue weighted by Crippen LogP contribution is 2.21. The van der Waals surface area contributed by atoms with Crippen LogP contribution in [0.25, 0.3) is 0 Å². The Balaban J connectivity index is 2.08. The van der Waals surface area contributed by atoms with E-state index in [-0.39, 0.29) is 12.0 Å². The van der Waals surface area contributed by atoms with E-state index in [0.29, 0.717) is 12.0 Å². The number of H-pyrrole nitrogens is 1. The lowest BCUT2D eigenvalue weighted by Crippen LogP contribution is -2.40. The number of rotatable bonds is 3. The molecule has 1 saturated heterocycles. The molecule has 0 atom stereocenters. The number of hydrogen-bond acceptors (Lipinski definition) is 5. The number of nitrogens with two attached hydrogens (primary N) is 1. The summed E-state index contributed by atoms with van der Waals surface area (Å²) in [7, 11) is 0. The Kier molecular flexibility index (Phi) is 3.35. The molecule has 1 aliphatic rings. The molecule has 0 saturated carbocycles. The fourth-order valence-corrected chi connectivity index (χ4v) is 1.87. The first-order chi connectivity index (χ1) is 8.03. The molecule has 0 aromatic carbocycles.